The first-order valence-corrected chi connectivity index (χ1v) is 5.21. The van der Waals surface area contributed by atoms with Crippen LogP contribution in [0.4, 0.5) is 5.69 Å². The van der Waals surface area contributed by atoms with Gasteiger partial charge in [-0.1, -0.05) is 18.7 Å². The molecule has 0 atom stereocenters. The van der Waals surface area contributed by atoms with Gasteiger partial charge < -0.3 is 10.2 Å². The van der Waals surface area contributed by atoms with Crippen molar-refractivity contribution >= 4 is 17.5 Å². The molecule has 1 N–H and O–H groups in total. The molecular formula is C13H16N2O2. The van der Waals surface area contributed by atoms with Gasteiger partial charge in [0.05, 0.1) is 11.3 Å². The number of anilines is 1. The summed E-state index contributed by atoms with van der Waals surface area (Å²) in [4.78, 5) is 24.9. The highest BCUT2D eigenvalue weighted by Gasteiger charge is 2.14. The van der Waals surface area contributed by atoms with Crippen molar-refractivity contribution in [3.05, 3.63) is 42.0 Å². The van der Waals surface area contributed by atoms with Crippen LogP contribution in [-0.4, -0.2) is 30.8 Å². The Bertz CT molecular complexity index is 464. The Morgan fingerprint density at radius 3 is 2.35 bits per heavy atom. The van der Waals surface area contributed by atoms with Crippen LogP contribution < -0.4 is 5.32 Å². The van der Waals surface area contributed by atoms with Crippen LogP contribution in [0.2, 0.25) is 0 Å². The predicted octanol–water partition coefficient (Wildman–Crippen LogP) is 1.90. The van der Waals surface area contributed by atoms with Gasteiger partial charge >= 0.3 is 0 Å². The van der Waals surface area contributed by atoms with Crippen molar-refractivity contribution in [1.29, 1.82) is 0 Å². The fourth-order valence-electron chi connectivity index (χ4n) is 1.25. The average molecular weight is 232 g/mol. The zero-order chi connectivity index (χ0) is 13.0. The third-order valence-electron chi connectivity index (χ3n) is 2.20. The van der Waals surface area contributed by atoms with E-state index in [9.17, 15) is 9.59 Å². The molecule has 4 heteroatoms. The van der Waals surface area contributed by atoms with Crippen LogP contribution in [-0.2, 0) is 4.79 Å². The normalized spacial score (nSPS) is 9.59. The van der Waals surface area contributed by atoms with Crippen LogP contribution in [0.25, 0.3) is 0 Å². The van der Waals surface area contributed by atoms with Crippen molar-refractivity contribution in [3.8, 4) is 0 Å². The first kappa shape index (κ1) is 13.0. The number of para-hydroxylation sites is 1. The van der Waals surface area contributed by atoms with Gasteiger partial charge in [-0.2, -0.15) is 0 Å². The summed E-state index contributed by atoms with van der Waals surface area (Å²) in [5, 5.41) is 2.66. The van der Waals surface area contributed by atoms with Crippen molar-refractivity contribution in [1.82, 2.24) is 4.90 Å². The maximum Gasteiger partial charge on any atom is 0.255 e. The number of nitrogens with zero attached hydrogens (tertiary/aromatic N) is 1. The first-order chi connectivity index (χ1) is 7.93. The van der Waals surface area contributed by atoms with Crippen molar-refractivity contribution in [2.75, 3.05) is 19.4 Å². The molecule has 0 unspecified atom stereocenters. The van der Waals surface area contributed by atoms with Crippen molar-refractivity contribution in [3.63, 3.8) is 0 Å². The Morgan fingerprint density at radius 1 is 1.24 bits per heavy atom. The van der Waals surface area contributed by atoms with Crippen LogP contribution in [0, 0.1) is 0 Å². The third kappa shape index (κ3) is 3.17. The lowest BCUT2D eigenvalue weighted by Crippen LogP contribution is -2.24. The van der Waals surface area contributed by atoms with Crippen molar-refractivity contribution < 1.29 is 9.59 Å². The highest BCUT2D eigenvalue weighted by molar-refractivity contribution is 6.08. The van der Waals surface area contributed by atoms with E-state index in [4.69, 9.17) is 0 Å². The van der Waals surface area contributed by atoms with E-state index in [1.807, 2.05) is 0 Å². The molecule has 1 rings (SSSR count). The van der Waals surface area contributed by atoms with Gasteiger partial charge in [0.25, 0.3) is 11.8 Å². The number of hydrogen-bond acceptors (Lipinski definition) is 2. The van der Waals surface area contributed by atoms with E-state index in [1.165, 1.54) is 4.90 Å². The molecule has 0 spiro atoms. The number of hydrogen-bond donors (Lipinski definition) is 1. The Kier molecular flexibility index (Phi) is 4.04. The second-order valence-electron chi connectivity index (χ2n) is 3.98. The lowest BCUT2D eigenvalue weighted by molar-refractivity contribution is -0.112. The predicted molar refractivity (Wildman–Crippen MR) is 67.9 cm³/mol. The molecule has 0 bridgehead atoms. The Morgan fingerprint density at radius 2 is 1.82 bits per heavy atom. The van der Waals surface area contributed by atoms with Crippen LogP contribution in [0.1, 0.15) is 17.3 Å². The smallest absolute Gasteiger partial charge is 0.255 e. The third-order valence-corrected chi connectivity index (χ3v) is 2.20. The molecule has 0 fully saturated rings. The topological polar surface area (TPSA) is 49.4 Å². The molecule has 0 aliphatic rings. The number of carbonyl (C=O) groups is 2. The van der Waals surface area contributed by atoms with Gasteiger partial charge in [0.1, 0.15) is 0 Å². The largest absolute Gasteiger partial charge is 0.345 e. The summed E-state index contributed by atoms with van der Waals surface area (Å²) in [6.07, 6.45) is 0. The molecule has 0 saturated carbocycles. The minimum atomic E-state index is -0.288. The summed E-state index contributed by atoms with van der Waals surface area (Å²) in [5.41, 5.74) is 1.36. The average Bonchev–Trinajstić information content (AvgIpc) is 2.28. The summed E-state index contributed by atoms with van der Waals surface area (Å²) in [6, 6.07) is 6.89. The van der Waals surface area contributed by atoms with Crippen LogP contribution in [0.3, 0.4) is 0 Å². The summed E-state index contributed by atoms with van der Waals surface area (Å²) in [6.45, 7) is 5.17. The zero-order valence-electron chi connectivity index (χ0n) is 10.3. The highest BCUT2D eigenvalue weighted by atomic mass is 16.2. The van der Waals surface area contributed by atoms with Crippen molar-refractivity contribution in [2.45, 2.75) is 6.92 Å². The second kappa shape index (κ2) is 5.30. The standard InChI is InChI=1S/C13H16N2O2/c1-9(2)12(16)14-11-8-6-5-7-10(11)13(17)15(3)4/h5-8H,1H2,2-4H3,(H,14,16). The molecule has 0 saturated heterocycles. The minimum absolute atomic E-state index is 0.150. The molecule has 0 aliphatic carbocycles. The molecule has 1 aromatic carbocycles. The van der Waals surface area contributed by atoms with E-state index in [1.54, 1.807) is 45.3 Å². The monoisotopic (exact) mass is 232 g/mol. The van der Waals surface area contributed by atoms with Crippen LogP contribution >= 0.6 is 0 Å². The quantitative estimate of drug-likeness (QED) is 0.809. The summed E-state index contributed by atoms with van der Waals surface area (Å²) in [7, 11) is 3.33. The highest BCUT2D eigenvalue weighted by Crippen LogP contribution is 2.17. The molecule has 0 aliphatic heterocycles. The van der Waals surface area contributed by atoms with Crippen molar-refractivity contribution in [2.24, 2.45) is 0 Å². The molecule has 0 heterocycles. The van der Waals surface area contributed by atoms with E-state index >= 15 is 0 Å². The second-order valence-corrected chi connectivity index (χ2v) is 3.98. The fraction of sp³-hybridized carbons (Fsp3) is 0.231. The first-order valence-electron chi connectivity index (χ1n) is 5.21. The number of rotatable bonds is 3. The van der Waals surface area contributed by atoms with Crippen LogP contribution in [0.5, 0.6) is 0 Å². The molecule has 0 aromatic heterocycles. The zero-order valence-corrected chi connectivity index (χ0v) is 10.3. The Balaban J connectivity index is 3.04. The molecule has 2 amide bonds. The van der Waals surface area contributed by atoms with E-state index < -0.39 is 0 Å². The molecule has 1 aromatic rings. The molecule has 4 nitrogen and oxygen atoms in total. The van der Waals surface area contributed by atoms with Gasteiger partial charge in [0, 0.05) is 19.7 Å². The van der Waals surface area contributed by atoms with Gasteiger partial charge in [-0.05, 0) is 19.1 Å². The van der Waals surface area contributed by atoms with E-state index in [0.717, 1.165) is 0 Å². The molecule has 0 radical (unpaired) electrons. The van der Waals surface area contributed by atoms with E-state index in [0.29, 0.717) is 16.8 Å². The lowest BCUT2D eigenvalue weighted by Gasteiger charge is -2.14. The maximum absolute atomic E-state index is 11.9. The van der Waals surface area contributed by atoms with Crippen LogP contribution in [0.15, 0.2) is 36.4 Å². The van der Waals surface area contributed by atoms with Gasteiger partial charge in [0.15, 0.2) is 0 Å². The summed E-state index contributed by atoms with van der Waals surface area (Å²) >= 11 is 0. The number of amides is 2. The number of benzene rings is 1. The Hall–Kier alpha value is -2.10. The maximum atomic E-state index is 11.9. The fourth-order valence-corrected chi connectivity index (χ4v) is 1.25. The molecule has 90 valence electrons. The van der Waals surface area contributed by atoms with Gasteiger partial charge in [-0.25, -0.2) is 0 Å². The molecule has 17 heavy (non-hydrogen) atoms. The minimum Gasteiger partial charge on any atom is -0.345 e. The molecular weight excluding hydrogens is 216 g/mol. The summed E-state index contributed by atoms with van der Waals surface area (Å²) in [5.74, 6) is -0.438. The van der Waals surface area contributed by atoms with E-state index in [-0.39, 0.29) is 11.8 Å². The number of carbonyl (C=O) groups excluding carboxylic acids is 2. The SMILES string of the molecule is C=C(C)C(=O)Nc1ccccc1C(=O)N(C)C. The number of nitrogens with one attached hydrogen (secondary N) is 1. The van der Waals surface area contributed by atoms with Gasteiger partial charge in [-0.3, -0.25) is 9.59 Å². The lowest BCUT2D eigenvalue weighted by atomic mass is 10.1. The Labute approximate surface area is 101 Å². The van der Waals surface area contributed by atoms with Gasteiger partial charge in [-0.15, -0.1) is 0 Å². The van der Waals surface area contributed by atoms with Gasteiger partial charge in [0.2, 0.25) is 0 Å². The summed E-state index contributed by atoms with van der Waals surface area (Å²) < 4.78 is 0. The van der Waals surface area contributed by atoms with E-state index in [2.05, 4.69) is 11.9 Å².